The van der Waals surface area contributed by atoms with Crippen LogP contribution in [0.2, 0.25) is 4.34 Å². The van der Waals surface area contributed by atoms with Crippen molar-refractivity contribution in [2.45, 2.75) is 27.2 Å². The summed E-state index contributed by atoms with van der Waals surface area (Å²) in [6, 6.07) is 4.12. The Balaban J connectivity index is 2.75. The summed E-state index contributed by atoms with van der Waals surface area (Å²) >= 11 is 11.2. The lowest BCUT2D eigenvalue weighted by molar-refractivity contribution is 0.260. The van der Waals surface area contributed by atoms with Gasteiger partial charge in [-0.15, -0.1) is 11.3 Å². The van der Waals surface area contributed by atoms with E-state index in [0.717, 1.165) is 16.1 Å². The minimum atomic E-state index is 0.328. The smallest absolute Gasteiger partial charge is 0.0931 e. The summed E-state index contributed by atoms with van der Waals surface area (Å²) in [6.45, 7) is 6.87. The zero-order valence-electron chi connectivity index (χ0n) is 8.81. The fourth-order valence-electron chi connectivity index (χ4n) is 1.25. The van der Waals surface area contributed by atoms with E-state index >= 15 is 0 Å². The average molecular weight is 296 g/mol. The fraction of sp³-hybridized carbons (Fsp3) is 0.636. The molecule has 1 aromatic rings. The molecule has 14 heavy (non-hydrogen) atoms. The molecule has 0 nitrogen and oxygen atoms in total. The first kappa shape index (κ1) is 12.5. The summed E-state index contributed by atoms with van der Waals surface area (Å²) in [5, 5.41) is 1.03. The molecular formula is C11H16BrClS. The van der Waals surface area contributed by atoms with Crippen molar-refractivity contribution in [2.24, 2.45) is 11.3 Å². The van der Waals surface area contributed by atoms with Crippen molar-refractivity contribution in [1.29, 1.82) is 0 Å². The van der Waals surface area contributed by atoms with Gasteiger partial charge in [0.15, 0.2) is 0 Å². The van der Waals surface area contributed by atoms with Gasteiger partial charge in [0.05, 0.1) is 4.34 Å². The Labute approximate surface area is 104 Å². The van der Waals surface area contributed by atoms with Crippen LogP contribution in [-0.2, 0) is 6.42 Å². The van der Waals surface area contributed by atoms with Crippen LogP contribution in [0.3, 0.4) is 0 Å². The highest BCUT2D eigenvalue weighted by atomic mass is 79.9. The van der Waals surface area contributed by atoms with Gasteiger partial charge in [0.1, 0.15) is 0 Å². The van der Waals surface area contributed by atoms with Gasteiger partial charge in [0, 0.05) is 10.2 Å². The Hall–Kier alpha value is 0.470. The molecule has 0 saturated carbocycles. The molecule has 0 radical (unpaired) electrons. The highest BCUT2D eigenvalue weighted by molar-refractivity contribution is 9.09. The number of hydrogen-bond donors (Lipinski definition) is 0. The lowest BCUT2D eigenvalue weighted by Crippen LogP contribution is -2.27. The molecule has 0 spiro atoms. The van der Waals surface area contributed by atoms with Crippen LogP contribution < -0.4 is 0 Å². The maximum absolute atomic E-state index is 5.92. The van der Waals surface area contributed by atoms with Crippen molar-refractivity contribution in [2.75, 3.05) is 5.33 Å². The minimum Gasteiger partial charge on any atom is -0.128 e. The first-order valence-corrected chi connectivity index (χ1v) is 7.10. The molecule has 1 atom stereocenters. The fourth-order valence-corrected chi connectivity index (χ4v) is 3.38. The quantitative estimate of drug-likeness (QED) is 0.686. The van der Waals surface area contributed by atoms with Gasteiger partial charge in [-0.05, 0) is 29.9 Å². The van der Waals surface area contributed by atoms with Crippen molar-refractivity contribution >= 4 is 38.9 Å². The molecule has 0 aliphatic heterocycles. The lowest BCUT2D eigenvalue weighted by atomic mass is 9.78. The van der Waals surface area contributed by atoms with Crippen LogP contribution in [0.5, 0.6) is 0 Å². The highest BCUT2D eigenvalue weighted by Crippen LogP contribution is 2.36. The van der Waals surface area contributed by atoms with Crippen LogP contribution >= 0.6 is 38.9 Å². The normalized spacial score (nSPS) is 15.9. The van der Waals surface area contributed by atoms with Crippen molar-refractivity contribution in [3.63, 3.8) is 0 Å². The predicted molar refractivity (Wildman–Crippen MR) is 69.8 cm³/mol. The molecule has 0 N–H and O–H groups in total. The maximum atomic E-state index is 5.92. The molecular weight excluding hydrogens is 280 g/mol. The molecule has 1 heterocycles. The molecule has 0 aromatic carbocycles. The zero-order valence-corrected chi connectivity index (χ0v) is 12.0. The number of alkyl halides is 1. The monoisotopic (exact) mass is 294 g/mol. The Kier molecular flexibility index (Phi) is 4.48. The van der Waals surface area contributed by atoms with Gasteiger partial charge in [-0.1, -0.05) is 48.3 Å². The molecule has 1 aromatic heterocycles. The van der Waals surface area contributed by atoms with Gasteiger partial charge in [-0.3, -0.25) is 0 Å². The van der Waals surface area contributed by atoms with E-state index in [1.807, 2.05) is 6.07 Å². The lowest BCUT2D eigenvalue weighted by Gasteiger charge is -2.31. The second-order valence-corrected chi connectivity index (χ2v) is 6.69. The summed E-state index contributed by atoms with van der Waals surface area (Å²) in [6.07, 6.45) is 1.10. The van der Waals surface area contributed by atoms with E-state index in [2.05, 4.69) is 42.8 Å². The van der Waals surface area contributed by atoms with Gasteiger partial charge in [0.2, 0.25) is 0 Å². The zero-order chi connectivity index (χ0) is 10.8. The second-order valence-electron chi connectivity index (χ2n) is 4.32. The summed E-state index contributed by atoms with van der Waals surface area (Å²) in [5.41, 5.74) is 0.328. The highest BCUT2D eigenvalue weighted by Gasteiger charge is 2.27. The molecule has 0 saturated heterocycles. The first-order chi connectivity index (χ1) is 6.48. The number of thiophene rings is 1. The molecule has 80 valence electrons. The Bertz CT molecular complexity index is 295. The van der Waals surface area contributed by atoms with Crippen molar-refractivity contribution in [1.82, 2.24) is 0 Å². The number of rotatable bonds is 4. The summed E-state index contributed by atoms with van der Waals surface area (Å²) in [7, 11) is 0. The molecule has 3 heteroatoms. The standard InChI is InChI=1S/C11H16BrClS/c1-8(2)11(3,7-12)6-9-4-5-10(13)14-9/h4-5,8H,6-7H2,1-3H3. The van der Waals surface area contributed by atoms with Gasteiger partial charge in [-0.2, -0.15) is 0 Å². The first-order valence-electron chi connectivity index (χ1n) is 4.78. The van der Waals surface area contributed by atoms with Crippen LogP contribution in [0, 0.1) is 11.3 Å². The van der Waals surface area contributed by atoms with E-state index in [4.69, 9.17) is 11.6 Å². The second kappa shape index (κ2) is 5.00. The van der Waals surface area contributed by atoms with Crippen LogP contribution in [0.4, 0.5) is 0 Å². The van der Waals surface area contributed by atoms with E-state index in [1.165, 1.54) is 4.88 Å². The van der Waals surface area contributed by atoms with E-state index in [-0.39, 0.29) is 0 Å². The maximum Gasteiger partial charge on any atom is 0.0931 e. The largest absolute Gasteiger partial charge is 0.128 e. The van der Waals surface area contributed by atoms with Gasteiger partial charge in [-0.25, -0.2) is 0 Å². The van der Waals surface area contributed by atoms with Gasteiger partial charge >= 0.3 is 0 Å². The van der Waals surface area contributed by atoms with E-state index in [9.17, 15) is 0 Å². The summed E-state index contributed by atoms with van der Waals surface area (Å²) in [5.74, 6) is 0.669. The molecule has 0 amide bonds. The number of hydrogen-bond acceptors (Lipinski definition) is 1. The molecule has 1 unspecified atom stereocenters. The van der Waals surface area contributed by atoms with Crippen LogP contribution in [0.15, 0.2) is 12.1 Å². The molecule has 0 aliphatic rings. The van der Waals surface area contributed by atoms with Crippen LogP contribution in [0.1, 0.15) is 25.6 Å². The topological polar surface area (TPSA) is 0 Å². The van der Waals surface area contributed by atoms with Crippen molar-refractivity contribution in [3.8, 4) is 0 Å². The third-order valence-corrected chi connectivity index (χ3v) is 5.42. The van der Waals surface area contributed by atoms with Crippen LogP contribution in [-0.4, -0.2) is 5.33 Å². The number of halogens is 2. The van der Waals surface area contributed by atoms with Crippen LogP contribution in [0.25, 0.3) is 0 Å². The molecule has 0 aliphatic carbocycles. The molecule has 0 bridgehead atoms. The predicted octanol–water partition coefficient (Wildman–Crippen LogP) is 5.00. The third kappa shape index (κ3) is 2.98. The molecule has 0 fully saturated rings. The van der Waals surface area contributed by atoms with E-state index in [0.29, 0.717) is 11.3 Å². The molecule has 1 rings (SSSR count). The summed E-state index contributed by atoms with van der Waals surface area (Å²) < 4.78 is 0.890. The minimum absolute atomic E-state index is 0.328. The average Bonchev–Trinajstić information content (AvgIpc) is 2.50. The van der Waals surface area contributed by atoms with Gasteiger partial charge in [0.25, 0.3) is 0 Å². The summed E-state index contributed by atoms with van der Waals surface area (Å²) in [4.78, 5) is 1.38. The van der Waals surface area contributed by atoms with Gasteiger partial charge < -0.3 is 0 Å². The van der Waals surface area contributed by atoms with Crippen molar-refractivity contribution in [3.05, 3.63) is 21.3 Å². The Morgan fingerprint density at radius 3 is 2.50 bits per heavy atom. The Morgan fingerprint density at radius 2 is 2.14 bits per heavy atom. The Morgan fingerprint density at radius 1 is 1.50 bits per heavy atom. The third-order valence-electron chi connectivity index (χ3n) is 2.91. The SMILES string of the molecule is CC(C)C(C)(CBr)Cc1ccc(Cl)s1. The van der Waals surface area contributed by atoms with E-state index in [1.54, 1.807) is 11.3 Å². The van der Waals surface area contributed by atoms with E-state index < -0.39 is 0 Å². The van der Waals surface area contributed by atoms with Crippen molar-refractivity contribution < 1.29 is 0 Å².